The molecule has 3 aromatic carbocycles. The second kappa shape index (κ2) is 9.18. The molecule has 1 aliphatic heterocycles. The summed E-state index contributed by atoms with van der Waals surface area (Å²) in [5, 5.41) is 9.98. The molecule has 0 fully saturated rings. The predicted octanol–water partition coefficient (Wildman–Crippen LogP) is 4.54. The number of carbonyl (C=O) groups excluding carboxylic acids is 1. The van der Waals surface area contributed by atoms with Crippen LogP contribution in [0, 0.1) is 6.92 Å². The molecule has 4 aromatic rings. The number of likely N-dealkylation sites (N-methyl/N-ethyl adjacent to an activating group) is 1. The molecule has 0 aliphatic carbocycles. The minimum atomic E-state index is -0.903. The molecule has 2 heterocycles. The minimum absolute atomic E-state index is 0.0695. The topological polar surface area (TPSA) is 81.0 Å². The SMILES string of the molecule is Cc1cc2c(CC(=O)O)cccc2n1C(=O)c1ccc(OCC2COc3ccccc3N2C)cc1. The van der Waals surface area contributed by atoms with E-state index in [1.165, 1.54) is 0 Å². The number of rotatable bonds is 6. The molecule has 0 saturated carbocycles. The van der Waals surface area contributed by atoms with Crippen molar-refractivity contribution in [2.24, 2.45) is 0 Å². The van der Waals surface area contributed by atoms with E-state index in [4.69, 9.17) is 9.47 Å². The Morgan fingerprint density at radius 1 is 1.06 bits per heavy atom. The minimum Gasteiger partial charge on any atom is -0.491 e. The molecule has 1 atom stereocenters. The Bertz CT molecular complexity index is 1410. The van der Waals surface area contributed by atoms with Gasteiger partial charge in [-0.15, -0.1) is 0 Å². The molecule has 35 heavy (non-hydrogen) atoms. The smallest absolute Gasteiger partial charge is 0.307 e. The number of aliphatic carboxylic acids is 1. The first-order valence-corrected chi connectivity index (χ1v) is 11.5. The van der Waals surface area contributed by atoms with E-state index in [1.807, 2.05) is 50.4 Å². The molecule has 0 spiro atoms. The van der Waals surface area contributed by atoms with Crippen molar-refractivity contribution in [3.63, 3.8) is 0 Å². The number of anilines is 1. The number of fused-ring (bicyclic) bond motifs is 2. The van der Waals surface area contributed by atoms with Crippen molar-refractivity contribution in [2.75, 3.05) is 25.2 Å². The van der Waals surface area contributed by atoms with Gasteiger partial charge in [-0.3, -0.25) is 14.2 Å². The highest BCUT2D eigenvalue weighted by atomic mass is 16.5. The van der Waals surface area contributed by atoms with Crippen molar-refractivity contribution >= 4 is 28.5 Å². The molecule has 0 amide bonds. The lowest BCUT2D eigenvalue weighted by Gasteiger charge is -2.35. The van der Waals surface area contributed by atoms with Crippen molar-refractivity contribution in [2.45, 2.75) is 19.4 Å². The number of nitrogens with zero attached hydrogens (tertiary/aromatic N) is 2. The van der Waals surface area contributed by atoms with Crippen LogP contribution < -0.4 is 14.4 Å². The number of aromatic nitrogens is 1. The van der Waals surface area contributed by atoms with E-state index < -0.39 is 5.97 Å². The van der Waals surface area contributed by atoms with E-state index in [0.29, 0.717) is 35.6 Å². The summed E-state index contributed by atoms with van der Waals surface area (Å²) >= 11 is 0. The number of carboxylic acids is 1. The fraction of sp³-hybridized carbons (Fsp3) is 0.214. The third-order valence-corrected chi connectivity index (χ3v) is 6.43. The van der Waals surface area contributed by atoms with Gasteiger partial charge in [-0.1, -0.05) is 24.3 Å². The highest BCUT2D eigenvalue weighted by molar-refractivity contribution is 6.04. The van der Waals surface area contributed by atoms with E-state index in [0.717, 1.165) is 22.5 Å². The quantitative estimate of drug-likeness (QED) is 0.446. The Labute approximate surface area is 203 Å². The highest BCUT2D eigenvalue weighted by Crippen LogP contribution is 2.32. The summed E-state index contributed by atoms with van der Waals surface area (Å²) in [6.07, 6.45) is -0.0895. The number of ether oxygens (including phenoxy) is 2. The van der Waals surface area contributed by atoms with Gasteiger partial charge in [0.05, 0.1) is 23.7 Å². The molecule has 1 unspecified atom stereocenters. The van der Waals surface area contributed by atoms with Gasteiger partial charge in [0.1, 0.15) is 24.7 Å². The lowest BCUT2D eigenvalue weighted by atomic mass is 10.1. The Kier molecular flexibility index (Phi) is 5.91. The largest absolute Gasteiger partial charge is 0.491 e. The maximum Gasteiger partial charge on any atom is 0.307 e. The fourth-order valence-corrected chi connectivity index (χ4v) is 4.55. The molecule has 0 saturated heterocycles. The van der Waals surface area contributed by atoms with E-state index >= 15 is 0 Å². The van der Waals surface area contributed by atoms with Gasteiger partial charge in [0.2, 0.25) is 0 Å². The van der Waals surface area contributed by atoms with E-state index in [2.05, 4.69) is 4.90 Å². The van der Waals surface area contributed by atoms with Crippen molar-refractivity contribution < 1.29 is 24.2 Å². The van der Waals surface area contributed by atoms with Gasteiger partial charge in [0.15, 0.2) is 0 Å². The molecular formula is C28H26N2O5. The summed E-state index contributed by atoms with van der Waals surface area (Å²) in [7, 11) is 2.03. The zero-order valence-electron chi connectivity index (χ0n) is 19.6. The Morgan fingerprint density at radius 3 is 2.60 bits per heavy atom. The molecule has 178 valence electrons. The van der Waals surface area contributed by atoms with Gasteiger partial charge in [-0.05, 0) is 61.0 Å². The second-order valence-corrected chi connectivity index (χ2v) is 8.73. The molecule has 5 rings (SSSR count). The van der Waals surface area contributed by atoms with E-state index in [9.17, 15) is 14.7 Å². The summed E-state index contributed by atoms with van der Waals surface area (Å²) in [5.41, 5.74) is 3.70. The van der Waals surface area contributed by atoms with Crippen LogP contribution in [0.3, 0.4) is 0 Å². The molecular weight excluding hydrogens is 444 g/mol. The number of aryl methyl sites for hydroxylation is 1. The first kappa shape index (κ1) is 22.5. The van der Waals surface area contributed by atoms with Crippen LogP contribution in [-0.4, -0.2) is 47.9 Å². The van der Waals surface area contributed by atoms with Gasteiger partial charge < -0.3 is 19.5 Å². The third-order valence-electron chi connectivity index (χ3n) is 6.43. The monoisotopic (exact) mass is 470 g/mol. The number of carbonyl (C=O) groups is 2. The molecule has 1 aliphatic rings. The average Bonchev–Trinajstić information content (AvgIpc) is 3.20. The summed E-state index contributed by atoms with van der Waals surface area (Å²) < 4.78 is 13.5. The van der Waals surface area contributed by atoms with Crippen molar-refractivity contribution in [1.29, 1.82) is 0 Å². The zero-order chi connectivity index (χ0) is 24.5. The van der Waals surface area contributed by atoms with Gasteiger partial charge >= 0.3 is 5.97 Å². The van der Waals surface area contributed by atoms with Crippen LogP contribution in [0.5, 0.6) is 11.5 Å². The van der Waals surface area contributed by atoms with Gasteiger partial charge in [0, 0.05) is 23.7 Å². The predicted molar refractivity (Wildman–Crippen MR) is 134 cm³/mol. The van der Waals surface area contributed by atoms with Crippen LogP contribution in [-0.2, 0) is 11.2 Å². The molecule has 7 heteroatoms. The van der Waals surface area contributed by atoms with Crippen LogP contribution >= 0.6 is 0 Å². The molecule has 1 N–H and O–H groups in total. The lowest BCUT2D eigenvalue weighted by molar-refractivity contribution is -0.136. The Morgan fingerprint density at radius 2 is 1.83 bits per heavy atom. The van der Waals surface area contributed by atoms with Gasteiger partial charge in [-0.2, -0.15) is 0 Å². The number of benzene rings is 3. The van der Waals surface area contributed by atoms with E-state index in [1.54, 1.807) is 41.0 Å². The Hall–Kier alpha value is -4.26. The van der Waals surface area contributed by atoms with Gasteiger partial charge in [0.25, 0.3) is 5.91 Å². The summed E-state index contributed by atoms with van der Waals surface area (Å²) in [6, 6.07) is 22.4. The normalized spacial score (nSPS) is 14.9. The second-order valence-electron chi connectivity index (χ2n) is 8.73. The van der Waals surface area contributed by atoms with Crippen LogP contribution in [0.4, 0.5) is 5.69 Å². The first-order chi connectivity index (χ1) is 16.9. The summed E-state index contributed by atoms with van der Waals surface area (Å²) in [6.45, 7) is 2.83. The molecule has 0 bridgehead atoms. The number of hydrogen-bond acceptors (Lipinski definition) is 5. The summed E-state index contributed by atoms with van der Waals surface area (Å²) in [5.74, 6) is 0.470. The lowest BCUT2D eigenvalue weighted by Crippen LogP contribution is -2.44. The van der Waals surface area contributed by atoms with Crippen LogP contribution in [0.2, 0.25) is 0 Å². The highest BCUT2D eigenvalue weighted by Gasteiger charge is 2.25. The Balaban J connectivity index is 1.31. The zero-order valence-corrected chi connectivity index (χ0v) is 19.6. The fourth-order valence-electron chi connectivity index (χ4n) is 4.55. The van der Waals surface area contributed by atoms with Crippen LogP contribution in [0.15, 0.2) is 72.8 Å². The van der Waals surface area contributed by atoms with Crippen LogP contribution in [0.25, 0.3) is 10.9 Å². The van der Waals surface area contributed by atoms with Gasteiger partial charge in [-0.25, -0.2) is 0 Å². The number of carboxylic acid groups (broad SMARTS) is 1. The molecule has 1 aromatic heterocycles. The standard InChI is InChI=1S/C28H26N2O5/c1-18-14-23-20(15-27(31)32)6-5-8-24(23)30(18)28(33)19-10-12-22(13-11-19)34-16-21-17-35-26-9-4-3-7-25(26)29(21)2/h3-14,21H,15-17H2,1-2H3,(H,31,32). The number of hydrogen-bond donors (Lipinski definition) is 1. The first-order valence-electron chi connectivity index (χ1n) is 11.5. The number of para-hydroxylation sites is 2. The van der Waals surface area contributed by atoms with Crippen molar-refractivity contribution in [3.05, 3.63) is 89.6 Å². The molecule has 0 radical (unpaired) electrons. The van der Waals surface area contributed by atoms with Crippen molar-refractivity contribution in [1.82, 2.24) is 4.57 Å². The maximum atomic E-state index is 13.3. The summed E-state index contributed by atoms with van der Waals surface area (Å²) in [4.78, 5) is 26.7. The van der Waals surface area contributed by atoms with E-state index in [-0.39, 0.29) is 18.4 Å². The average molecular weight is 471 g/mol. The third kappa shape index (κ3) is 4.33. The van der Waals surface area contributed by atoms with Crippen molar-refractivity contribution in [3.8, 4) is 11.5 Å². The maximum absolute atomic E-state index is 13.3. The molecule has 7 nitrogen and oxygen atoms in total. The van der Waals surface area contributed by atoms with Crippen LogP contribution in [0.1, 0.15) is 21.6 Å².